The predicted molar refractivity (Wildman–Crippen MR) is 105 cm³/mol. The van der Waals surface area contributed by atoms with E-state index in [-0.39, 0.29) is 10.8 Å². The summed E-state index contributed by atoms with van der Waals surface area (Å²) in [6.45, 7) is 24.7. The van der Waals surface area contributed by atoms with Crippen LogP contribution < -0.4 is 0 Å². The molecular weight excluding hydrogens is 280 g/mol. The number of rotatable bonds is 16. The summed E-state index contributed by atoms with van der Waals surface area (Å²) in [4.78, 5) is 0. The maximum atomic E-state index is 6.19. The Bertz CT molecular complexity index is 311. The fraction of sp³-hybridized carbons (Fsp3) is 0.455. The van der Waals surface area contributed by atoms with Gasteiger partial charge in [-0.3, -0.25) is 0 Å². The van der Waals surface area contributed by atoms with Crippen LogP contribution in [0.3, 0.4) is 0 Å². The van der Waals surface area contributed by atoms with Crippen molar-refractivity contribution in [3.8, 4) is 0 Å². The highest BCUT2D eigenvalue weighted by atomic mass is 16.5. The lowest BCUT2D eigenvalue weighted by atomic mass is 9.77. The highest BCUT2D eigenvalue weighted by Crippen LogP contribution is 2.36. The van der Waals surface area contributed by atoms with Crippen LogP contribution in [0.4, 0.5) is 0 Å². The Morgan fingerprint density at radius 1 is 0.478 bits per heavy atom. The molecule has 1 heteroatoms. The molecule has 23 heavy (non-hydrogen) atoms. The zero-order chi connectivity index (χ0) is 17.6. The van der Waals surface area contributed by atoms with Crippen molar-refractivity contribution < 1.29 is 4.74 Å². The van der Waals surface area contributed by atoms with Gasteiger partial charge in [0, 0.05) is 10.8 Å². The molecule has 0 rings (SSSR count). The zero-order valence-electron chi connectivity index (χ0n) is 14.8. The molecule has 0 aliphatic rings. The van der Waals surface area contributed by atoms with Crippen molar-refractivity contribution in [1.82, 2.24) is 0 Å². The van der Waals surface area contributed by atoms with Gasteiger partial charge in [0.1, 0.15) is 0 Å². The molecule has 0 unspecified atom stereocenters. The minimum Gasteiger partial charge on any atom is -0.380 e. The van der Waals surface area contributed by atoms with Crippen LogP contribution in [-0.4, -0.2) is 13.2 Å². The van der Waals surface area contributed by atoms with Gasteiger partial charge in [-0.1, -0.05) is 36.5 Å². The predicted octanol–water partition coefficient (Wildman–Crippen LogP) is 6.43. The Morgan fingerprint density at radius 2 is 0.696 bits per heavy atom. The first-order valence-electron chi connectivity index (χ1n) is 8.30. The first kappa shape index (κ1) is 21.4. The maximum Gasteiger partial charge on any atom is 0.0531 e. The Labute approximate surface area is 143 Å². The van der Waals surface area contributed by atoms with Crippen molar-refractivity contribution in [3.63, 3.8) is 0 Å². The summed E-state index contributed by atoms with van der Waals surface area (Å²) in [6, 6.07) is 0. The van der Waals surface area contributed by atoms with Crippen LogP contribution in [0.1, 0.15) is 38.5 Å². The summed E-state index contributed by atoms with van der Waals surface area (Å²) >= 11 is 0. The van der Waals surface area contributed by atoms with E-state index in [0.29, 0.717) is 13.2 Å². The smallest absolute Gasteiger partial charge is 0.0531 e. The third kappa shape index (κ3) is 7.47. The zero-order valence-corrected chi connectivity index (χ0v) is 14.8. The molecule has 0 aliphatic heterocycles. The largest absolute Gasteiger partial charge is 0.380 e. The Hall–Kier alpha value is -1.60. The van der Waals surface area contributed by atoms with Crippen molar-refractivity contribution in [2.75, 3.05) is 13.2 Å². The summed E-state index contributed by atoms with van der Waals surface area (Å²) in [7, 11) is 0. The first-order valence-corrected chi connectivity index (χ1v) is 8.30. The van der Waals surface area contributed by atoms with Crippen molar-refractivity contribution >= 4 is 0 Å². The van der Waals surface area contributed by atoms with E-state index in [1.165, 1.54) is 0 Å². The summed E-state index contributed by atoms with van der Waals surface area (Å²) < 4.78 is 6.19. The number of ether oxygens (including phenoxy) is 1. The second kappa shape index (κ2) is 11.9. The van der Waals surface area contributed by atoms with Crippen LogP contribution in [0.25, 0.3) is 0 Å². The summed E-state index contributed by atoms with van der Waals surface area (Å²) in [5, 5.41) is 0. The van der Waals surface area contributed by atoms with Crippen molar-refractivity contribution in [2.24, 2.45) is 10.8 Å². The average molecular weight is 315 g/mol. The second-order valence-corrected chi connectivity index (χ2v) is 6.45. The molecule has 0 aliphatic carbocycles. The van der Waals surface area contributed by atoms with Crippen molar-refractivity contribution in [1.29, 1.82) is 0 Å². The topological polar surface area (TPSA) is 9.23 Å². The second-order valence-electron chi connectivity index (χ2n) is 6.45. The Morgan fingerprint density at radius 3 is 0.870 bits per heavy atom. The lowest BCUT2D eigenvalue weighted by molar-refractivity contribution is -0.00435. The highest BCUT2D eigenvalue weighted by Gasteiger charge is 2.30. The van der Waals surface area contributed by atoms with Crippen LogP contribution in [0.15, 0.2) is 75.9 Å². The quantitative estimate of drug-likeness (QED) is 0.298. The molecular formula is C22H34O. The SMILES string of the molecule is C=CCC(CC=C)(CC=C)COCC(CC=C)(CC=C)CC=C. The van der Waals surface area contributed by atoms with Crippen LogP contribution in [0.2, 0.25) is 0 Å². The molecule has 0 saturated heterocycles. The first-order chi connectivity index (χ1) is 11.1. The maximum absolute atomic E-state index is 6.19. The van der Waals surface area contributed by atoms with Gasteiger partial charge in [-0.05, 0) is 38.5 Å². The minimum atomic E-state index is 0.00747. The summed E-state index contributed by atoms with van der Waals surface area (Å²) in [6.07, 6.45) is 17.1. The van der Waals surface area contributed by atoms with E-state index in [9.17, 15) is 0 Å². The van der Waals surface area contributed by atoms with Gasteiger partial charge in [-0.25, -0.2) is 0 Å². The van der Waals surface area contributed by atoms with E-state index in [1.807, 2.05) is 36.5 Å². The molecule has 1 nitrogen and oxygen atoms in total. The molecule has 0 heterocycles. The average Bonchev–Trinajstić information content (AvgIpc) is 2.49. The van der Waals surface area contributed by atoms with Gasteiger partial charge in [0.25, 0.3) is 0 Å². The number of hydrogen-bond acceptors (Lipinski definition) is 1. The van der Waals surface area contributed by atoms with Crippen molar-refractivity contribution in [2.45, 2.75) is 38.5 Å². The molecule has 0 amide bonds. The van der Waals surface area contributed by atoms with Gasteiger partial charge < -0.3 is 4.74 Å². The fourth-order valence-corrected chi connectivity index (χ4v) is 3.17. The molecule has 0 aromatic heterocycles. The molecule has 0 atom stereocenters. The summed E-state index contributed by atoms with van der Waals surface area (Å²) in [5.74, 6) is 0. The minimum absolute atomic E-state index is 0.00747. The van der Waals surface area contributed by atoms with Gasteiger partial charge in [0.2, 0.25) is 0 Å². The molecule has 0 radical (unpaired) electrons. The van der Waals surface area contributed by atoms with E-state index in [2.05, 4.69) is 39.5 Å². The Kier molecular flexibility index (Phi) is 11.1. The van der Waals surface area contributed by atoms with Gasteiger partial charge in [0.05, 0.1) is 13.2 Å². The van der Waals surface area contributed by atoms with Crippen LogP contribution in [0.5, 0.6) is 0 Å². The van der Waals surface area contributed by atoms with Gasteiger partial charge in [-0.2, -0.15) is 0 Å². The van der Waals surface area contributed by atoms with Crippen LogP contribution in [0, 0.1) is 10.8 Å². The third-order valence-electron chi connectivity index (χ3n) is 4.28. The molecule has 0 N–H and O–H groups in total. The fourth-order valence-electron chi connectivity index (χ4n) is 3.17. The van der Waals surface area contributed by atoms with Gasteiger partial charge >= 0.3 is 0 Å². The third-order valence-corrected chi connectivity index (χ3v) is 4.28. The molecule has 0 saturated carbocycles. The molecule has 0 bridgehead atoms. The van der Waals surface area contributed by atoms with E-state index < -0.39 is 0 Å². The number of allylic oxidation sites excluding steroid dienone is 6. The van der Waals surface area contributed by atoms with E-state index in [4.69, 9.17) is 4.74 Å². The monoisotopic (exact) mass is 314 g/mol. The lowest BCUT2D eigenvalue weighted by Gasteiger charge is -2.35. The standard InChI is InChI=1S/C22H34O/c1-7-13-21(14-8-2,15-9-3)19-23-20-22(16-10-4,17-11-5)18-12-6/h7-12H,1-6,13-20H2. The summed E-state index contributed by atoms with van der Waals surface area (Å²) in [5.41, 5.74) is 0.0149. The van der Waals surface area contributed by atoms with Crippen molar-refractivity contribution in [3.05, 3.63) is 75.9 Å². The highest BCUT2D eigenvalue weighted by molar-refractivity contribution is 4.98. The van der Waals surface area contributed by atoms with Crippen LogP contribution in [-0.2, 0) is 4.74 Å². The van der Waals surface area contributed by atoms with Gasteiger partial charge in [0.15, 0.2) is 0 Å². The molecule has 0 fully saturated rings. The Balaban J connectivity index is 5.02. The van der Waals surface area contributed by atoms with E-state index in [0.717, 1.165) is 38.5 Å². The molecule has 0 spiro atoms. The normalized spacial score (nSPS) is 11.5. The van der Waals surface area contributed by atoms with E-state index >= 15 is 0 Å². The molecule has 128 valence electrons. The molecule has 0 aromatic carbocycles. The van der Waals surface area contributed by atoms with Crippen LogP contribution >= 0.6 is 0 Å². The molecule has 0 aromatic rings. The number of hydrogen-bond donors (Lipinski definition) is 0. The lowest BCUT2D eigenvalue weighted by Crippen LogP contribution is -2.31. The van der Waals surface area contributed by atoms with Gasteiger partial charge in [-0.15, -0.1) is 39.5 Å². The van der Waals surface area contributed by atoms with E-state index in [1.54, 1.807) is 0 Å².